The van der Waals surface area contributed by atoms with E-state index >= 15 is 0 Å². The molecule has 1 aromatic carbocycles. The fourth-order valence-electron chi connectivity index (χ4n) is 2.64. The summed E-state index contributed by atoms with van der Waals surface area (Å²) in [4.78, 5) is 16.2. The fraction of sp³-hybridized carbons (Fsp3) is 0.250. The lowest BCUT2D eigenvalue weighted by Gasteiger charge is -2.09. The number of aromatic nitrogens is 3. The number of benzene rings is 1. The number of hydrogen-bond acceptors (Lipinski definition) is 5. The third-order valence-electron chi connectivity index (χ3n) is 4.26. The largest absolute Gasteiger partial charge is 0.497 e. The van der Waals surface area contributed by atoms with Crippen molar-refractivity contribution in [2.75, 3.05) is 20.3 Å². The van der Waals surface area contributed by atoms with Gasteiger partial charge in [-0.3, -0.25) is 4.79 Å². The van der Waals surface area contributed by atoms with Crippen molar-refractivity contribution in [2.24, 2.45) is 0 Å². The highest BCUT2D eigenvalue weighted by molar-refractivity contribution is 5.95. The number of nitrogens with zero attached hydrogens (tertiary/aromatic N) is 3. The van der Waals surface area contributed by atoms with Crippen molar-refractivity contribution in [1.82, 2.24) is 20.1 Å². The molecule has 0 saturated carbocycles. The van der Waals surface area contributed by atoms with E-state index in [0.717, 1.165) is 12.3 Å². The van der Waals surface area contributed by atoms with E-state index in [9.17, 15) is 18.0 Å². The van der Waals surface area contributed by atoms with Crippen LogP contribution in [-0.4, -0.2) is 40.9 Å². The molecule has 0 unspecified atom stereocenters. The number of amides is 1. The summed E-state index contributed by atoms with van der Waals surface area (Å²) in [7, 11) is 1.57. The van der Waals surface area contributed by atoms with Crippen molar-refractivity contribution in [3.63, 3.8) is 0 Å². The van der Waals surface area contributed by atoms with Gasteiger partial charge >= 0.3 is 6.18 Å². The molecule has 0 aliphatic rings. The summed E-state index contributed by atoms with van der Waals surface area (Å²) in [5.74, 6) is 1.17. The molecular weight excluding hydrogens is 401 g/mol. The molecule has 0 aliphatic heterocycles. The summed E-state index contributed by atoms with van der Waals surface area (Å²) < 4.78 is 49.9. The highest BCUT2D eigenvalue weighted by atomic mass is 19.4. The van der Waals surface area contributed by atoms with Crippen molar-refractivity contribution in [1.29, 1.82) is 0 Å². The summed E-state index contributed by atoms with van der Waals surface area (Å²) >= 11 is 0. The average molecular weight is 420 g/mol. The van der Waals surface area contributed by atoms with Crippen LogP contribution >= 0.6 is 0 Å². The zero-order valence-electron chi connectivity index (χ0n) is 16.2. The molecule has 0 bridgehead atoms. The van der Waals surface area contributed by atoms with E-state index < -0.39 is 11.7 Å². The minimum absolute atomic E-state index is 0.183. The molecule has 0 saturated heterocycles. The van der Waals surface area contributed by atoms with Crippen molar-refractivity contribution < 1.29 is 27.4 Å². The Kier molecular flexibility index (Phi) is 6.24. The summed E-state index contributed by atoms with van der Waals surface area (Å²) in [6.07, 6.45) is -2.40. The minimum atomic E-state index is -4.47. The maximum Gasteiger partial charge on any atom is 0.417 e. The van der Waals surface area contributed by atoms with Crippen LogP contribution in [0.1, 0.15) is 21.6 Å². The van der Waals surface area contributed by atoms with E-state index in [-0.39, 0.29) is 24.9 Å². The van der Waals surface area contributed by atoms with Gasteiger partial charge in [-0.15, -0.1) is 0 Å². The third kappa shape index (κ3) is 4.88. The number of methoxy groups -OCH3 is 1. The number of carbonyl (C=O) groups is 1. The van der Waals surface area contributed by atoms with Crippen LogP contribution in [0.15, 0.2) is 48.8 Å². The second-order valence-corrected chi connectivity index (χ2v) is 6.24. The molecular formula is C20H19F3N4O3. The van der Waals surface area contributed by atoms with Gasteiger partial charge in [0.2, 0.25) is 0 Å². The van der Waals surface area contributed by atoms with Gasteiger partial charge < -0.3 is 14.8 Å². The topological polar surface area (TPSA) is 78.3 Å². The lowest BCUT2D eigenvalue weighted by atomic mass is 10.2. The van der Waals surface area contributed by atoms with Crippen molar-refractivity contribution >= 4 is 5.91 Å². The van der Waals surface area contributed by atoms with Gasteiger partial charge in [-0.05, 0) is 43.3 Å². The molecule has 1 N–H and O–H groups in total. The zero-order valence-corrected chi connectivity index (χ0v) is 16.2. The normalized spacial score (nSPS) is 11.2. The van der Waals surface area contributed by atoms with Crippen LogP contribution in [0.25, 0.3) is 5.82 Å². The molecule has 2 heterocycles. The predicted molar refractivity (Wildman–Crippen MR) is 102 cm³/mol. The Bertz CT molecular complexity index is 1000. The Labute approximate surface area is 170 Å². The van der Waals surface area contributed by atoms with Crippen LogP contribution in [0.5, 0.6) is 11.5 Å². The number of alkyl halides is 3. The van der Waals surface area contributed by atoms with Crippen LogP contribution in [-0.2, 0) is 6.18 Å². The Morgan fingerprint density at radius 2 is 1.80 bits per heavy atom. The number of rotatable bonds is 7. The maximum atomic E-state index is 12.7. The van der Waals surface area contributed by atoms with Gasteiger partial charge in [0, 0.05) is 6.20 Å². The Balaban J connectivity index is 1.57. The molecule has 0 aliphatic carbocycles. The fourth-order valence-corrected chi connectivity index (χ4v) is 2.64. The first-order valence-corrected chi connectivity index (χ1v) is 8.93. The van der Waals surface area contributed by atoms with Crippen LogP contribution < -0.4 is 14.8 Å². The van der Waals surface area contributed by atoms with Crippen molar-refractivity contribution in [2.45, 2.75) is 13.1 Å². The number of halogens is 3. The Hall–Kier alpha value is -3.56. The van der Waals surface area contributed by atoms with E-state index in [2.05, 4.69) is 15.4 Å². The van der Waals surface area contributed by atoms with Gasteiger partial charge in [0.15, 0.2) is 5.82 Å². The van der Waals surface area contributed by atoms with E-state index in [4.69, 9.17) is 9.47 Å². The SMILES string of the molecule is COc1ccc(OCCNC(=O)c2cnn(-c3ccc(C(F)(F)F)cn3)c2C)cc1. The summed E-state index contributed by atoms with van der Waals surface area (Å²) in [6.45, 7) is 2.15. The zero-order chi connectivity index (χ0) is 21.7. The lowest BCUT2D eigenvalue weighted by molar-refractivity contribution is -0.137. The maximum absolute atomic E-state index is 12.7. The molecule has 158 valence electrons. The first-order valence-electron chi connectivity index (χ1n) is 8.93. The number of hydrogen-bond donors (Lipinski definition) is 1. The van der Waals surface area contributed by atoms with Crippen LogP contribution in [0.3, 0.4) is 0 Å². The smallest absolute Gasteiger partial charge is 0.417 e. The summed E-state index contributed by atoms with van der Waals surface area (Å²) in [5.41, 5.74) is -0.108. The molecule has 10 heteroatoms. The third-order valence-corrected chi connectivity index (χ3v) is 4.26. The average Bonchev–Trinajstić information content (AvgIpc) is 3.12. The first kappa shape index (κ1) is 21.2. The van der Waals surface area contributed by atoms with Gasteiger partial charge in [-0.1, -0.05) is 0 Å². The highest BCUT2D eigenvalue weighted by Crippen LogP contribution is 2.28. The number of nitrogens with one attached hydrogen (secondary N) is 1. The van der Waals surface area contributed by atoms with Gasteiger partial charge in [0.1, 0.15) is 18.1 Å². The predicted octanol–water partition coefficient (Wildman–Crippen LogP) is 3.41. The monoisotopic (exact) mass is 420 g/mol. The van der Waals surface area contributed by atoms with Crippen LogP contribution in [0.4, 0.5) is 13.2 Å². The molecule has 0 radical (unpaired) electrons. The van der Waals surface area contributed by atoms with Crippen LogP contribution in [0, 0.1) is 6.92 Å². The van der Waals surface area contributed by atoms with Gasteiger partial charge in [-0.25, -0.2) is 9.67 Å². The Morgan fingerprint density at radius 3 is 2.40 bits per heavy atom. The number of ether oxygens (including phenoxy) is 2. The molecule has 0 spiro atoms. The molecule has 7 nitrogen and oxygen atoms in total. The molecule has 0 fully saturated rings. The molecule has 3 rings (SSSR count). The standard InChI is InChI=1S/C20H19F3N4O3/c1-13-17(12-26-27(13)18-8-3-14(11-25-18)20(21,22)23)19(28)24-9-10-30-16-6-4-15(29-2)5-7-16/h3-8,11-12H,9-10H2,1-2H3,(H,24,28). The second-order valence-electron chi connectivity index (χ2n) is 6.24. The van der Waals surface area contributed by atoms with Gasteiger partial charge in [0.25, 0.3) is 5.91 Å². The molecule has 1 amide bonds. The molecule has 0 atom stereocenters. The van der Waals surface area contributed by atoms with Gasteiger partial charge in [0.05, 0.1) is 36.7 Å². The quantitative estimate of drug-likeness (QED) is 0.593. The lowest BCUT2D eigenvalue weighted by Crippen LogP contribution is -2.28. The minimum Gasteiger partial charge on any atom is -0.497 e. The van der Waals surface area contributed by atoms with E-state index in [0.29, 0.717) is 22.8 Å². The summed E-state index contributed by atoms with van der Waals surface area (Å²) in [6, 6.07) is 9.16. The molecule has 30 heavy (non-hydrogen) atoms. The molecule has 2 aromatic heterocycles. The summed E-state index contributed by atoms with van der Waals surface area (Å²) in [5, 5.41) is 6.78. The van der Waals surface area contributed by atoms with E-state index in [1.54, 1.807) is 38.3 Å². The Morgan fingerprint density at radius 1 is 1.10 bits per heavy atom. The van der Waals surface area contributed by atoms with Crippen molar-refractivity contribution in [3.8, 4) is 17.3 Å². The van der Waals surface area contributed by atoms with Crippen LogP contribution in [0.2, 0.25) is 0 Å². The first-order chi connectivity index (χ1) is 14.3. The number of carbonyl (C=O) groups excluding carboxylic acids is 1. The molecule has 3 aromatic rings. The highest BCUT2D eigenvalue weighted by Gasteiger charge is 2.30. The van der Waals surface area contributed by atoms with E-state index in [1.807, 2.05) is 0 Å². The van der Waals surface area contributed by atoms with E-state index in [1.165, 1.54) is 16.9 Å². The van der Waals surface area contributed by atoms with Gasteiger partial charge in [-0.2, -0.15) is 18.3 Å². The van der Waals surface area contributed by atoms with Crippen molar-refractivity contribution in [3.05, 3.63) is 65.6 Å². The second kappa shape index (κ2) is 8.85. The number of pyridine rings is 1.